The largest absolute Gasteiger partial charge is 0.469 e. The average molecular weight is 238 g/mol. The van der Waals surface area contributed by atoms with Crippen molar-refractivity contribution in [3.8, 4) is 0 Å². The van der Waals surface area contributed by atoms with E-state index < -0.39 is 15.9 Å². The Morgan fingerprint density at radius 3 is 2.07 bits per heavy atom. The molecule has 0 heterocycles. The Bertz CT molecular complexity index is 174. The summed E-state index contributed by atoms with van der Waals surface area (Å²) in [7, 11) is 4.66. The monoisotopic (exact) mass is 238 g/mol. The Hall–Kier alpha value is -0.473. The highest BCUT2D eigenvalue weighted by molar-refractivity contribution is 6.27. The standard InChI is InChI=1S/C8H18O6Si/c1-10-7(9)5-6-15-14-8(11-2,12-3)13-4/h5-6,15H2,1-4H3. The van der Waals surface area contributed by atoms with Crippen LogP contribution in [0.25, 0.3) is 0 Å². The maximum atomic E-state index is 10.8. The summed E-state index contributed by atoms with van der Waals surface area (Å²) in [5.41, 5.74) is 0. The lowest BCUT2D eigenvalue weighted by Crippen LogP contribution is -2.40. The minimum Gasteiger partial charge on any atom is -0.469 e. The van der Waals surface area contributed by atoms with Gasteiger partial charge in [0.05, 0.1) is 7.11 Å². The average Bonchev–Trinajstić information content (AvgIpc) is 2.30. The molecule has 0 bridgehead atoms. The van der Waals surface area contributed by atoms with Crippen LogP contribution in [0.5, 0.6) is 0 Å². The van der Waals surface area contributed by atoms with Crippen molar-refractivity contribution < 1.29 is 28.2 Å². The van der Waals surface area contributed by atoms with Crippen molar-refractivity contribution in [2.24, 2.45) is 0 Å². The molecule has 0 aliphatic heterocycles. The van der Waals surface area contributed by atoms with E-state index in [1.165, 1.54) is 28.4 Å². The quantitative estimate of drug-likeness (QED) is 0.248. The third kappa shape index (κ3) is 5.24. The molecule has 0 atom stereocenters. The van der Waals surface area contributed by atoms with Crippen molar-refractivity contribution >= 4 is 15.7 Å². The molecule has 0 saturated heterocycles. The number of hydrogen-bond donors (Lipinski definition) is 0. The molecule has 0 aliphatic carbocycles. The molecule has 7 heteroatoms. The fraction of sp³-hybridized carbons (Fsp3) is 0.875. The molecule has 0 aromatic heterocycles. The highest BCUT2D eigenvalue weighted by atomic mass is 28.2. The van der Waals surface area contributed by atoms with E-state index in [0.717, 1.165) is 0 Å². The number of rotatable bonds is 8. The van der Waals surface area contributed by atoms with Crippen LogP contribution in [0.2, 0.25) is 6.04 Å². The molecule has 0 fully saturated rings. The van der Waals surface area contributed by atoms with Crippen molar-refractivity contribution in [1.29, 1.82) is 0 Å². The van der Waals surface area contributed by atoms with Crippen LogP contribution in [0.3, 0.4) is 0 Å². The van der Waals surface area contributed by atoms with Crippen molar-refractivity contribution in [3.05, 3.63) is 0 Å². The first kappa shape index (κ1) is 14.5. The predicted octanol–water partition coefficient (Wildman–Crippen LogP) is -0.381. The van der Waals surface area contributed by atoms with Gasteiger partial charge in [-0.2, -0.15) is 0 Å². The lowest BCUT2D eigenvalue weighted by Gasteiger charge is -2.27. The van der Waals surface area contributed by atoms with E-state index in [1.54, 1.807) is 0 Å². The Morgan fingerprint density at radius 1 is 1.13 bits per heavy atom. The second-order valence-corrected chi connectivity index (χ2v) is 4.04. The molecule has 0 aliphatic rings. The minimum absolute atomic E-state index is 0.246. The van der Waals surface area contributed by atoms with E-state index in [2.05, 4.69) is 4.74 Å². The number of hydrogen-bond acceptors (Lipinski definition) is 6. The van der Waals surface area contributed by atoms with Crippen molar-refractivity contribution in [3.63, 3.8) is 0 Å². The van der Waals surface area contributed by atoms with Crippen LogP contribution in [-0.2, 0) is 28.2 Å². The normalized spacial score (nSPS) is 12.3. The Labute approximate surface area is 91.7 Å². The molecule has 0 rings (SSSR count). The molecule has 0 saturated carbocycles. The Kier molecular flexibility index (Phi) is 7.53. The smallest absolute Gasteiger partial charge is 0.401 e. The first-order valence-electron chi connectivity index (χ1n) is 4.50. The van der Waals surface area contributed by atoms with E-state index >= 15 is 0 Å². The van der Waals surface area contributed by atoms with E-state index in [9.17, 15) is 4.79 Å². The minimum atomic E-state index is -1.43. The van der Waals surface area contributed by atoms with E-state index in [-0.39, 0.29) is 5.97 Å². The maximum absolute atomic E-state index is 10.8. The molecular formula is C8H18O6Si. The number of carbonyl (C=O) groups excluding carboxylic acids is 1. The molecule has 0 aromatic rings. The van der Waals surface area contributed by atoms with Gasteiger partial charge in [-0.15, -0.1) is 0 Å². The van der Waals surface area contributed by atoms with Crippen LogP contribution in [0.1, 0.15) is 6.42 Å². The highest BCUT2D eigenvalue weighted by Gasteiger charge is 2.30. The van der Waals surface area contributed by atoms with Gasteiger partial charge in [0.1, 0.15) is 0 Å². The molecule has 0 unspecified atom stereocenters. The summed E-state index contributed by atoms with van der Waals surface area (Å²) in [4.78, 5) is 10.8. The molecule has 0 radical (unpaired) electrons. The topological polar surface area (TPSA) is 63.2 Å². The SMILES string of the molecule is COC(=O)CC[SiH2]OC(OC)(OC)OC. The molecular weight excluding hydrogens is 220 g/mol. The predicted molar refractivity (Wildman–Crippen MR) is 54.8 cm³/mol. The summed E-state index contributed by atoms with van der Waals surface area (Å²) in [5, 5.41) is 0. The summed E-state index contributed by atoms with van der Waals surface area (Å²) in [6.45, 7) is 0. The van der Waals surface area contributed by atoms with Gasteiger partial charge in [-0.1, -0.05) is 0 Å². The van der Waals surface area contributed by atoms with E-state index in [1.807, 2.05) is 0 Å². The fourth-order valence-electron chi connectivity index (χ4n) is 0.943. The number of carbonyl (C=O) groups is 1. The zero-order valence-electron chi connectivity index (χ0n) is 9.57. The lowest BCUT2D eigenvalue weighted by atomic mass is 10.5. The summed E-state index contributed by atoms with van der Waals surface area (Å²) in [6, 6.07) is 0.643. The van der Waals surface area contributed by atoms with E-state index in [0.29, 0.717) is 12.5 Å². The van der Waals surface area contributed by atoms with Gasteiger partial charge in [0, 0.05) is 27.8 Å². The van der Waals surface area contributed by atoms with Crippen LogP contribution in [-0.4, -0.2) is 50.3 Å². The van der Waals surface area contributed by atoms with Crippen LogP contribution < -0.4 is 0 Å². The van der Waals surface area contributed by atoms with Gasteiger partial charge in [0.15, 0.2) is 9.76 Å². The summed E-state index contributed by atoms with van der Waals surface area (Å²) in [5.74, 6) is -0.246. The van der Waals surface area contributed by atoms with Crippen LogP contribution in [0, 0.1) is 0 Å². The first-order valence-corrected chi connectivity index (χ1v) is 6.08. The third-order valence-electron chi connectivity index (χ3n) is 1.78. The summed E-state index contributed by atoms with van der Waals surface area (Å²) in [6.07, 6.45) is -1.09. The number of methoxy groups -OCH3 is 4. The molecule has 15 heavy (non-hydrogen) atoms. The number of esters is 1. The fourth-order valence-corrected chi connectivity index (χ4v) is 2.12. The second-order valence-electron chi connectivity index (χ2n) is 2.64. The van der Waals surface area contributed by atoms with Crippen molar-refractivity contribution in [2.75, 3.05) is 28.4 Å². The van der Waals surface area contributed by atoms with Crippen LogP contribution >= 0.6 is 0 Å². The molecule has 0 amide bonds. The maximum Gasteiger partial charge on any atom is 0.401 e. The first-order chi connectivity index (χ1) is 7.14. The van der Waals surface area contributed by atoms with Crippen molar-refractivity contribution in [1.82, 2.24) is 0 Å². The number of ether oxygens (including phenoxy) is 4. The molecule has 90 valence electrons. The van der Waals surface area contributed by atoms with Crippen LogP contribution in [0.4, 0.5) is 0 Å². The van der Waals surface area contributed by atoms with Gasteiger partial charge < -0.3 is 23.4 Å². The van der Waals surface area contributed by atoms with Crippen molar-refractivity contribution in [2.45, 2.75) is 18.6 Å². The molecule has 6 nitrogen and oxygen atoms in total. The molecule has 0 aromatic carbocycles. The summed E-state index contributed by atoms with van der Waals surface area (Å²) >= 11 is 0. The highest BCUT2D eigenvalue weighted by Crippen LogP contribution is 2.13. The second kappa shape index (κ2) is 7.77. The molecule has 0 spiro atoms. The summed E-state index contributed by atoms with van der Waals surface area (Å²) < 4.78 is 24.6. The molecule has 0 N–H and O–H groups in total. The zero-order valence-corrected chi connectivity index (χ0v) is 11.0. The zero-order chi connectivity index (χ0) is 11.7. The Morgan fingerprint density at radius 2 is 1.67 bits per heavy atom. The van der Waals surface area contributed by atoms with Crippen LogP contribution in [0.15, 0.2) is 0 Å². The van der Waals surface area contributed by atoms with Gasteiger partial charge in [-0.05, 0) is 6.04 Å². The third-order valence-corrected chi connectivity index (χ3v) is 2.98. The van der Waals surface area contributed by atoms with Gasteiger partial charge in [-0.3, -0.25) is 4.79 Å². The van der Waals surface area contributed by atoms with Gasteiger partial charge in [-0.25, -0.2) is 0 Å². The Balaban J connectivity index is 3.76. The van der Waals surface area contributed by atoms with Gasteiger partial charge >= 0.3 is 12.1 Å². The lowest BCUT2D eigenvalue weighted by molar-refractivity contribution is -0.450. The van der Waals surface area contributed by atoms with E-state index in [4.69, 9.17) is 18.6 Å². The van der Waals surface area contributed by atoms with Gasteiger partial charge in [0.2, 0.25) is 0 Å². The van der Waals surface area contributed by atoms with Gasteiger partial charge in [0.25, 0.3) is 0 Å².